The second-order valence-corrected chi connectivity index (χ2v) is 4.44. The van der Waals surface area contributed by atoms with Gasteiger partial charge in [-0.25, -0.2) is 9.37 Å². The number of benzene rings is 1. The van der Waals surface area contributed by atoms with Gasteiger partial charge in [-0.15, -0.1) is 0 Å². The van der Waals surface area contributed by atoms with E-state index in [4.69, 9.17) is 5.73 Å². The van der Waals surface area contributed by atoms with Gasteiger partial charge >= 0.3 is 0 Å². The van der Waals surface area contributed by atoms with Gasteiger partial charge in [-0.05, 0) is 32.0 Å². The van der Waals surface area contributed by atoms with Gasteiger partial charge < -0.3 is 10.6 Å². The molecular formula is C15H16FN3O. The molecule has 2 aromatic rings. The minimum Gasteiger partial charge on any atom is -0.381 e. The molecule has 1 heterocycles. The predicted molar refractivity (Wildman–Crippen MR) is 77.1 cm³/mol. The molecule has 0 unspecified atom stereocenters. The summed E-state index contributed by atoms with van der Waals surface area (Å²) in [4.78, 5) is 17.6. The van der Waals surface area contributed by atoms with Crippen LogP contribution >= 0.6 is 0 Å². The van der Waals surface area contributed by atoms with Crippen LogP contribution in [0.1, 0.15) is 22.8 Å². The average Bonchev–Trinajstić information content (AvgIpc) is 2.44. The first-order chi connectivity index (χ1) is 9.54. The highest BCUT2D eigenvalue weighted by atomic mass is 19.1. The number of anilines is 2. The van der Waals surface area contributed by atoms with Crippen LogP contribution in [0.4, 0.5) is 15.9 Å². The molecule has 0 saturated carbocycles. The quantitative estimate of drug-likeness (QED) is 0.935. The summed E-state index contributed by atoms with van der Waals surface area (Å²) >= 11 is 0. The fourth-order valence-electron chi connectivity index (χ4n) is 1.94. The largest absolute Gasteiger partial charge is 0.381 e. The SMILES string of the molecule is CCN(C(=O)c1ccnc(N)c1F)c1ccc(C)cc1. The number of nitrogens with zero attached hydrogens (tertiary/aromatic N) is 2. The lowest BCUT2D eigenvalue weighted by Crippen LogP contribution is -2.31. The first kappa shape index (κ1) is 14.0. The molecule has 2 N–H and O–H groups in total. The second-order valence-electron chi connectivity index (χ2n) is 4.44. The second kappa shape index (κ2) is 5.69. The minimum absolute atomic E-state index is 0.0695. The van der Waals surface area contributed by atoms with E-state index in [0.29, 0.717) is 6.54 Å². The number of carbonyl (C=O) groups excluding carboxylic acids is 1. The Labute approximate surface area is 117 Å². The Kier molecular flexibility index (Phi) is 3.98. The summed E-state index contributed by atoms with van der Waals surface area (Å²) in [6.07, 6.45) is 1.33. The van der Waals surface area contributed by atoms with Crippen molar-refractivity contribution in [1.29, 1.82) is 0 Å². The number of nitrogens with two attached hydrogens (primary N) is 1. The smallest absolute Gasteiger partial charge is 0.261 e. The highest BCUT2D eigenvalue weighted by Gasteiger charge is 2.21. The molecule has 1 aromatic carbocycles. The normalized spacial score (nSPS) is 10.3. The molecule has 5 heteroatoms. The molecule has 0 saturated heterocycles. The number of pyridine rings is 1. The number of hydrogen-bond donors (Lipinski definition) is 1. The van der Waals surface area contributed by atoms with Crippen molar-refractivity contribution in [2.75, 3.05) is 17.2 Å². The zero-order valence-corrected chi connectivity index (χ0v) is 11.4. The molecule has 20 heavy (non-hydrogen) atoms. The van der Waals surface area contributed by atoms with E-state index < -0.39 is 11.7 Å². The molecule has 0 radical (unpaired) electrons. The number of rotatable bonds is 3. The zero-order chi connectivity index (χ0) is 14.7. The first-order valence-electron chi connectivity index (χ1n) is 6.33. The van der Waals surface area contributed by atoms with Gasteiger partial charge in [0.25, 0.3) is 5.91 Å². The van der Waals surface area contributed by atoms with Crippen molar-refractivity contribution in [1.82, 2.24) is 4.98 Å². The fraction of sp³-hybridized carbons (Fsp3) is 0.200. The van der Waals surface area contributed by atoms with E-state index in [1.807, 2.05) is 38.1 Å². The number of carbonyl (C=O) groups is 1. The maximum absolute atomic E-state index is 13.9. The summed E-state index contributed by atoms with van der Waals surface area (Å²) in [5.74, 6) is -1.47. The maximum atomic E-state index is 13.9. The van der Waals surface area contributed by atoms with E-state index in [2.05, 4.69) is 4.98 Å². The molecule has 1 amide bonds. The number of nitrogen functional groups attached to an aromatic ring is 1. The van der Waals surface area contributed by atoms with E-state index in [1.54, 1.807) is 0 Å². The summed E-state index contributed by atoms with van der Waals surface area (Å²) in [7, 11) is 0. The number of aromatic nitrogens is 1. The lowest BCUT2D eigenvalue weighted by atomic mass is 10.1. The van der Waals surface area contributed by atoms with E-state index >= 15 is 0 Å². The summed E-state index contributed by atoms with van der Waals surface area (Å²) < 4.78 is 13.9. The van der Waals surface area contributed by atoms with Gasteiger partial charge in [0.05, 0.1) is 5.56 Å². The molecule has 0 fully saturated rings. The van der Waals surface area contributed by atoms with Crippen molar-refractivity contribution in [3.63, 3.8) is 0 Å². The Bertz CT molecular complexity index is 626. The van der Waals surface area contributed by atoms with Crippen molar-refractivity contribution < 1.29 is 9.18 Å². The molecular weight excluding hydrogens is 257 g/mol. The number of hydrogen-bond acceptors (Lipinski definition) is 3. The topological polar surface area (TPSA) is 59.2 Å². The van der Waals surface area contributed by atoms with E-state index in [9.17, 15) is 9.18 Å². The molecule has 0 aliphatic rings. The molecule has 0 aliphatic heterocycles. The monoisotopic (exact) mass is 273 g/mol. The van der Waals surface area contributed by atoms with Gasteiger partial charge in [0, 0.05) is 18.4 Å². The standard InChI is InChI=1S/C15H16FN3O/c1-3-19(11-6-4-10(2)5-7-11)15(20)12-8-9-18-14(17)13(12)16/h4-9H,3H2,1-2H3,(H2,17,18). The van der Waals surface area contributed by atoms with Crippen LogP contribution < -0.4 is 10.6 Å². The Hall–Kier alpha value is -2.43. The Morgan fingerprint density at radius 1 is 1.30 bits per heavy atom. The molecule has 4 nitrogen and oxygen atoms in total. The van der Waals surface area contributed by atoms with Crippen LogP contribution in [0.2, 0.25) is 0 Å². The van der Waals surface area contributed by atoms with E-state index in [-0.39, 0.29) is 11.4 Å². The van der Waals surface area contributed by atoms with Crippen LogP contribution in [-0.2, 0) is 0 Å². The lowest BCUT2D eigenvalue weighted by Gasteiger charge is -2.21. The molecule has 0 spiro atoms. The van der Waals surface area contributed by atoms with Crippen LogP contribution in [-0.4, -0.2) is 17.4 Å². The number of halogens is 1. The third-order valence-electron chi connectivity index (χ3n) is 3.05. The summed E-state index contributed by atoms with van der Waals surface area (Å²) in [5.41, 5.74) is 7.15. The Morgan fingerprint density at radius 3 is 2.55 bits per heavy atom. The molecule has 2 rings (SSSR count). The number of aryl methyl sites for hydroxylation is 1. The van der Waals surface area contributed by atoms with Crippen LogP contribution in [0, 0.1) is 12.7 Å². The summed E-state index contributed by atoms with van der Waals surface area (Å²) in [6.45, 7) is 4.23. The van der Waals surface area contributed by atoms with Crippen molar-refractivity contribution in [2.45, 2.75) is 13.8 Å². The summed E-state index contributed by atoms with van der Waals surface area (Å²) in [5, 5.41) is 0. The van der Waals surface area contributed by atoms with Crippen LogP contribution in [0.25, 0.3) is 0 Å². The van der Waals surface area contributed by atoms with Crippen LogP contribution in [0.5, 0.6) is 0 Å². The summed E-state index contributed by atoms with van der Waals surface area (Å²) in [6, 6.07) is 8.81. The van der Waals surface area contributed by atoms with Gasteiger partial charge in [0.15, 0.2) is 11.6 Å². The molecule has 0 aliphatic carbocycles. The zero-order valence-electron chi connectivity index (χ0n) is 11.4. The van der Waals surface area contributed by atoms with Gasteiger partial charge in [-0.1, -0.05) is 17.7 Å². The highest BCUT2D eigenvalue weighted by Crippen LogP contribution is 2.20. The van der Waals surface area contributed by atoms with Crippen LogP contribution in [0.3, 0.4) is 0 Å². The maximum Gasteiger partial charge on any atom is 0.261 e. The third-order valence-corrected chi connectivity index (χ3v) is 3.05. The van der Waals surface area contributed by atoms with Crippen molar-refractivity contribution >= 4 is 17.4 Å². The average molecular weight is 273 g/mol. The predicted octanol–water partition coefficient (Wildman–Crippen LogP) is 2.78. The lowest BCUT2D eigenvalue weighted by molar-refractivity contribution is 0.0984. The first-order valence-corrected chi connectivity index (χ1v) is 6.33. The molecule has 0 bridgehead atoms. The highest BCUT2D eigenvalue weighted by molar-refractivity contribution is 6.06. The van der Waals surface area contributed by atoms with Crippen molar-refractivity contribution in [3.8, 4) is 0 Å². The van der Waals surface area contributed by atoms with Gasteiger partial charge in [0.1, 0.15) is 0 Å². The Morgan fingerprint density at radius 2 is 1.95 bits per heavy atom. The van der Waals surface area contributed by atoms with Gasteiger partial charge in [-0.2, -0.15) is 0 Å². The molecule has 1 aromatic heterocycles. The Balaban J connectivity index is 2.39. The van der Waals surface area contributed by atoms with Crippen molar-refractivity contribution in [3.05, 3.63) is 53.5 Å². The number of amides is 1. The van der Waals surface area contributed by atoms with Crippen molar-refractivity contribution in [2.24, 2.45) is 0 Å². The van der Waals surface area contributed by atoms with Gasteiger partial charge in [0.2, 0.25) is 0 Å². The minimum atomic E-state index is -0.775. The third kappa shape index (κ3) is 2.61. The van der Waals surface area contributed by atoms with E-state index in [1.165, 1.54) is 17.2 Å². The molecule has 104 valence electrons. The fourth-order valence-corrected chi connectivity index (χ4v) is 1.94. The van der Waals surface area contributed by atoms with E-state index in [0.717, 1.165) is 11.3 Å². The van der Waals surface area contributed by atoms with Crippen LogP contribution in [0.15, 0.2) is 36.5 Å². The van der Waals surface area contributed by atoms with Gasteiger partial charge in [-0.3, -0.25) is 4.79 Å². The molecule has 0 atom stereocenters.